The highest BCUT2D eigenvalue weighted by molar-refractivity contribution is 5.99. The van der Waals surface area contributed by atoms with E-state index in [1.54, 1.807) is 5.01 Å². The SMILES string of the molecule is CCOCCOCc1ccc(C(OCC)c2ccc(C3=NCCN3N)cc2)cc1. The third-order valence-electron chi connectivity index (χ3n) is 4.81. The van der Waals surface area contributed by atoms with E-state index in [0.717, 1.165) is 47.8 Å². The van der Waals surface area contributed by atoms with E-state index in [4.69, 9.17) is 20.1 Å². The fourth-order valence-corrected chi connectivity index (χ4v) is 3.32. The summed E-state index contributed by atoms with van der Waals surface area (Å²) in [5.74, 6) is 6.83. The summed E-state index contributed by atoms with van der Waals surface area (Å²) in [6.07, 6.45) is -0.110. The monoisotopic (exact) mass is 397 g/mol. The molecule has 0 fully saturated rings. The molecule has 0 amide bonds. The number of rotatable bonds is 11. The largest absolute Gasteiger partial charge is 0.379 e. The molecule has 0 aliphatic carbocycles. The van der Waals surface area contributed by atoms with Crippen molar-refractivity contribution in [3.63, 3.8) is 0 Å². The second-order valence-electron chi connectivity index (χ2n) is 6.85. The van der Waals surface area contributed by atoms with Crippen LogP contribution in [0.4, 0.5) is 0 Å². The van der Waals surface area contributed by atoms with Gasteiger partial charge in [0, 0.05) is 18.8 Å². The summed E-state index contributed by atoms with van der Waals surface area (Å²) in [6.45, 7) is 8.68. The number of hydrogen-bond acceptors (Lipinski definition) is 6. The molecule has 0 saturated carbocycles. The third-order valence-corrected chi connectivity index (χ3v) is 4.81. The van der Waals surface area contributed by atoms with Gasteiger partial charge in [-0.1, -0.05) is 48.5 Å². The van der Waals surface area contributed by atoms with Gasteiger partial charge < -0.3 is 14.2 Å². The lowest BCUT2D eigenvalue weighted by Gasteiger charge is -2.19. The number of hydrazine groups is 1. The Hall–Kier alpha value is -2.25. The first-order valence-corrected chi connectivity index (χ1v) is 10.3. The molecule has 0 aromatic heterocycles. The van der Waals surface area contributed by atoms with Crippen LogP contribution < -0.4 is 5.84 Å². The molecule has 0 radical (unpaired) electrons. The quantitative estimate of drug-likeness (QED) is 0.465. The topological polar surface area (TPSA) is 69.3 Å². The molecule has 2 aromatic carbocycles. The lowest BCUT2D eigenvalue weighted by molar-refractivity contribution is 0.0452. The van der Waals surface area contributed by atoms with E-state index in [1.807, 2.05) is 13.8 Å². The van der Waals surface area contributed by atoms with Gasteiger partial charge in [-0.2, -0.15) is 0 Å². The van der Waals surface area contributed by atoms with Crippen LogP contribution in [0, 0.1) is 0 Å². The van der Waals surface area contributed by atoms with E-state index < -0.39 is 0 Å². The molecule has 0 saturated heterocycles. The van der Waals surface area contributed by atoms with Gasteiger partial charge in [0.25, 0.3) is 0 Å². The Morgan fingerprint density at radius 1 is 0.931 bits per heavy atom. The molecular formula is C23H31N3O3. The normalized spacial score (nSPS) is 14.9. The van der Waals surface area contributed by atoms with Gasteiger partial charge in [-0.3, -0.25) is 10.0 Å². The smallest absolute Gasteiger partial charge is 0.145 e. The molecule has 3 rings (SSSR count). The van der Waals surface area contributed by atoms with E-state index in [9.17, 15) is 0 Å². The fraction of sp³-hybridized carbons (Fsp3) is 0.435. The fourth-order valence-electron chi connectivity index (χ4n) is 3.32. The van der Waals surface area contributed by atoms with Crippen molar-refractivity contribution in [2.75, 3.05) is 39.5 Å². The summed E-state index contributed by atoms with van der Waals surface area (Å²) in [7, 11) is 0. The van der Waals surface area contributed by atoms with Crippen LogP contribution in [0.5, 0.6) is 0 Å². The number of nitrogens with zero attached hydrogens (tertiary/aromatic N) is 2. The maximum Gasteiger partial charge on any atom is 0.145 e. The first kappa shape index (κ1) is 21.5. The van der Waals surface area contributed by atoms with Gasteiger partial charge in [0.1, 0.15) is 11.9 Å². The molecule has 29 heavy (non-hydrogen) atoms. The van der Waals surface area contributed by atoms with E-state index in [0.29, 0.717) is 26.4 Å². The predicted octanol–water partition coefficient (Wildman–Crippen LogP) is 3.30. The molecular weight excluding hydrogens is 366 g/mol. The van der Waals surface area contributed by atoms with Gasteiger partial charge in [0.05, 0.1) is 32.9 Å². The van der Waals surface area contributed by atoms with Gasteiger partial charge in [-0.05, 0) is 30.5 Å². The van der Waals surface area contributed by atoms with Crippen molar-refractivity contribution in [1.29, 1.82) is 0 Å². The molecule has 1 aliphatic heterocycles. The number of nitrogens with two attached hydrogens (primary N) is 1. The number of benzene rings is 2. The van der Waals surface area contributed by atoms with E-state index in [2.05, 4.69) is 53.5 Å². The second-order valence-corrected chi connectivity index (χ2v) is 6.85. The Morgan fingerprint density at radius 2 is 1.59 bits per heavy atom. The van der Waals surface area contributed by atoms with E-state index in [-0.39, 0.29) is 6.10 Å². The van der Waals surface area contributed by atoms with Crippen LogP contribution >= 0.6 is 0 Å². The molecule has 1 unspecified atom stereocenters. The highest BCUT2D eigenvalue weighted by atomic mass is 16.5. The Kier molecular flexibility index (Phi) is 8.19. The van der Waals surface area contributed by atoms with Crippen molar-refractivity contribution in [2.45, 2.75) is 26.6 Å². The first-order valence-electron chi connectivity index (χ1n) is 10.3. The summed E-state index contributed by atoms with van der Waals surface area (Å²) < 4.78 is 17.0. The minimum Gasteiger partial charge on any atom is -0.379 e. The molecule has 2 N–H and O–H groups in total. The number of ether oxygens (including phenoxy) is 3. The van der Waals surface area contributed by atoms with Gasteiger partial charge >= 0.3 is 0 Å². The van der Waals surface area contributed by atoms with Gasteiger partial charge in [-0.25, -0.2) is 5.84 Å². The molecule has 6 nitrogen and oxygen atoms in total. The molecule has 1 atom stereocenters. The Balaban J connectivity index is 1.66. The van der Waals surface area contributed by atoms with E-state index in [1.165, 1.54) is 0 Å². The summed E-state index contributed by atoms with van der Waals surface area (Å²) in [5.41, 5.74) is 4.40. The second kappa shape index (κ2) is 11.1. The molecule has 1 aliphatic rings. The average Bonchev–Trinajstić information content (AvgIpc) is 3.18. The maximum atomic E-state index is 6.05. The third kappa shape index (κ3) is 5.87. The zero-order valence-corrected chi connectivity index (χ0v) is 17.3. The highest BCUT2D eigenvalue weighted by Crippen LogP contribution is 2.27. The molecule has 1 heterocycles. The van der Waals surface area contributed by atoms with Crippen molar-refractivity contribution in [3.8, 4) is 0 Å². The van der Waals surface area contributed by atoms with Crippen molar-refractivity contribution in [3.05, 3.63) is 70.8 Å². The van der Waals surface area contributed by atoms with Crippen LogP contribution in [-0.4, -0.2) is 50.4 Å². The molecule has 2 aromatic rings. The standard InChI is InChI=1S/C23H31N3O3/c1-3-27-15-16-28-17-18-5-7-19(8-6-18)22(29-4-2)20-9-11-21(12-10-20)23-25-13-14-26(23)24/h5-12,22H,3-4,13-17,24H2,1-2H3. The number of hydrogen-bond donors (Lipinski definition) is 1. The summed E-state index contributed by atoms with van der Waals surface area (Å²) in [5, 5.41) is 1.70. The Labute approximate surface area is 173 Å². The van der Waals surface area contributed by atoms with Gasteiger partial charge in [0.2, 0.25) is 0 Å². The van der Waals surface area contributed by atoms with Crippen molar-refractivity contribution < 1.29 is 14.2 Å². The summed E-state index contributed by atoms with van der Waals surface area (Å²) >= 11 is 0. The van der Waals surface area contributed by atoms with Gasteiger partial charge in [0.15, 0.2) is 0 Å². The summed E-state index contributed by atoms with van der Waals surface area (Å²) in [4.78, 5) is 4.47. The number of aliphatic imine (C=N–C) groups is 1. The Morgan fingerprint density at radius 3 is 2.17 bits per heavy atom. The first-order chi connectivity index (χ1) is 14.2. The lowest BCUT2D eigenvalue weighted by Crippen LogP contribution is -2.34. The predicted molar refractivity (Wildman–Crippen MR) is 115 cm³/mol. The molecule has 6 heteroatoms. The molecule has 156 valence electrons. The highest BCUT2D eigenvalue weighted by Gasteiger charge is 2.18. The lowest BCUT2D eigenvalue weighted by atomic mass is 9.99. The summed E-state index contributed by atoms with van der Waals surface area (Å²) in [6, 6.07) is 16.7. The van der Waals surface area contributed by atoms with Crippen molar-refractivity contribution >= 4 is 5.84 Å². The minimum atomic E-state index is -0.110. The number of amidine groups is 1. The zero-order chi connectivity index (χ0) is 20.5. The van der Waals surface area contributed by atoms with Crippen LogP contribution in [-0.2, 0) is 20.8 Å². The minimum absolute atomic E-state index is 0.110. The molecule has 0 spiro atoms. The van der Waals surface area contributed by atoms with Crippen LogP contribution in [0.2, 0.25) is 0 Å². The Bertz CT molecular complexity index is 775. The maximum absolute atomic E-state index is 6.05. The van der Waals surface area contributed by atoms with Crippen LogP contribution in [0.15, 0.2) is 53.5 Å². The van der Waals surface area contributed by atoms with Crippen molar-refractivity contribution in [1.82, 2.24) is 5.01 Å². The zero-order valence-electron chi connectivity index (χ0n) is 17.3. The average molecular weight is 398 g/mol. The van der Waals surface area contributed by atoms with E-state index >= 15 is 0 Å². The molecule has 0 bridgehead atoms. The van der Waals surface area contributed by atoms with Crippen LogP contribution in [0.25, 0.3) is 0 Å². The van der Waals surface area contributed by atoms with Crippen LogP contribution in [0.3, 0.4) is 0 Å². The van der Waals surface area contributed by atoms with Crippen LogP contribution in [0.1, 0.15) is 42.2 Å². The van der Waals surface area contributed by atoms with Gasteiger partial charge in [-0.15, -0.1) is 0 Å². The van der Waals surface area contributed by atoms with Crippen molar-refractivity contribution in [2.24, 2.45) is 10.8 Å².